The first-order valence-corrected chi connectivity index (χ1v) is 7.27. The van der Waals surface area contributed by atoms with Crippen LogP contribution in [0.2, 0.25) is 0 Å². The average molecular weight is 311 g/mol. The first kappa shape index (κ1) is 15.1. The summed E-state index contributed by atoms with van der Waals surface area (Å²) in [6.45, 7) is 0.422. The van der Waals surface area contributed by atoms with Gasteiger partial charge in [-0.2, -0.15) is 4.31 Å². The van der Waals surface area contributed by atoms with Gasteiger partial charge in [-0.25, -0.2) is 8.42 Å². The summed E-state index contributed by atoms with van der Waals surface area (Å²) in [5.41, 5.74) is 0.414. The highest BCUT2D eigenvalue weighted by Crippen LogP contribution is 2.24. The molecule has 1 fully saturated rings. The quantitative estimate of drug-likeness (QED) is 0.853. The van der Waals surface area contributed by atoms with Crippen molar-refractivity contribution in [2.75, 3.05) is 19.1 Å². The van der Waals surface area contributed by atoms with Crippen molar-refractivity contribution >= 4 is 10.0 Å². The molecule has 1 aliphatic heterocycles. The largest absolute Gasteiger partial charge is 0.573 e. The van der Waals surface area contributed by atoms with Crippen LogP contribution in [0.1, 0.15) is 5.56 Å². The lowest BCUT2D eigenvalue weighted by atomic mass is 10.2. The molecule has 0 radical (unpaired) electrons. The van der Waals surface area contributed by atoms with Gasteiger partial charge in [-0.3, -0.25) is 0 Å². The van der Waals surface area contributed by atoms with Gasteiger partial charge in [-0.1, -0.05) is 12.1 Å². The number of hydrogen-bond acceptors (Lipinski definition) is 4. The first-order chi connectivity index (χ1) is 9.26. The molecule has 1 aliphatic rings. The lowest BCUT2D eigenvalue weighted by Gasteiger charge is -2.26. The Morgan fingerprint density at radius 3 is 2.75 bits per heavy atom. The predicted octanol–water partition coefficient (Wildman–Crippen LogP) is 1.70. The molecule has 0 amide bonds. The molecule has 0 saturated carbocycles. The van der Waals surface area contributed by atoms with Crippen molar-refractivity contribution in [1.29, 1.82) is 0 Å². The van der Waals surface area contributed by atoms with Crippen molar-refractivity contribution in [3.63, 3.8) is 0 Å². The summed E-state index contributed by atoms with van der Waals surface area (Å²) < 4.78 is 69.5. The van der Waals surface area contributed by atoms with E-state index in [0.717, 1.165) is 6.07 Å². The molecular weight excluding hydrogens is 299 g/mol. The third kappa shape index (κ3) is 4.09. The van der Waals surface area contributed by atoms with Crippen LogP contribution in [0, 0.1) is 0 Å². The molecule has 1 heterocycles. The van der Waals surface area contributed by atoms with Gasteiger partial charge in [-0.05, 0) is 17.7 Å². The molecular formula is C11H12F3NO4S. The van der Waals surface area contributed by atoms with Gasteiger partial charge >= 0.3 is 6.36 Å². The Bertz CT molecular complexity index is 573. The lowest BCUT2D eigenvalue weighted by Crippen LogP contribution is -2.40. The number of ether oxygens (including phenoxy) is 2. The fourth-order valence-electron chi connectivity index (χ4n) is 1.77. The van der Waals surface area contributed by atoms with Crippen molar-refractivity contribution in [3.05, 3.63) is 29.8 Å². The number of nitrogens with zero attached hydrogens (tertiary/aromatic N) is 1. The van der Waals surface area contributed by atoms with E-state index in [2.05, 4.69) is 4.74 Å². The summed E-state index contributed by atoms with van der Waals surface area (Å²) in [4.78, 5) is 0. The molecule has 0 atom stereocenters. The third-order valence-corrected chi connectivity index (χ3v) is 4.16. The molecule has 0 aliphatic carbocycles. The Morgan fingerprint density at radius 2 is 2.10 bits per heavy atom. The van der Waals surface area contributed by atoms with Gasteiger partial charge in [0.05, 0.1) is 6.61 Å². The van der Waals surface area contributed by atoms with E-state index in [-0.39, 0.29) is 25.4 Å². The van der Waals surface area contributed by atoms with E-state index in [1.54, 1.807) is 0 Å². The molecule has 0 N–H and O–H groups in total. The van der Waals surface area contributed by atoms with E-state index in [0.29, 0.717) is 5.56 Å². The van der Waals surface area contributed by atoms with Crippen LogP contribution >= 0.6 is 0 Å². The van der Waals surface area contributed by atoms with E-state index in [9.17, 15) is 21.6 Å². The maximum atomic E-state index is 12.1. The Kier molecular flexibility index (Phi) is 4.21. The minimum atomic E-state index is -4.77. The van der Waals surface area contributed by atoms with Crippen molar-refractivity contribution in [2.24, 2.45) is 0 Å². The molecule has 1 saturated heterocycles. The summed E-state index contributed by atoms with van der Waals surface area (Å²) in [5, 5.41) is 0. The minimum absolute atomic E-state index is 0.0131. The van der Waals surface area contributed by atoms with Gasteiger partial charge in [0, 0.05) is 13.1 Å². The Hall–Kier alpha value is -1.32. The van der Waals surface area contributed by atoms with E-state index in [1.807, 2.05) is 0 Å². The number of alkyl halides is 3. The molecule has 0 spiro atoms. The summed E-state index contributed by atoms with van der Waals surface area (Å²) >= 11 is 0. The fraction of sp³-hybridized carbons (Fsp3) is 0.455. The summed E-state index contributed by atoms with van der Waals surface area (Å²) in [6.07, 6.45) is -4.77. The van der Waals surface area contributed by atoms with E-state index in [1.165, 1.54) is 22.5 Å². The average Bonchev–Trinajstić information content (AvgIpc) is 2.30. The number of sulfonamides is 1. The highest BCUT2D eigenvalue weighted by molar-refractivity contribution is 7.88. The zero-order valence-corrected chi connectivity index (χ0v) is 11.1. The second kappa shape index (κ2) is 5.58. The lowest BCUT2D eigenvalue weighted by molar-refractivity contribution is -0.274. The molecule has 0 unspecified atom stereocenters. The maximum Gasteiger partial charge on any atom is 0.573 e. The second-order valence-corrected chi connectivity index (χ2v) is 6.08. The SMILES string of the molecule is O=S1(=O)COCCN1Cc1cccc(OC(F)(F)F)c1. The number of benzene rings is 1. The maximum absolute atomic E-state index is 12.1. The van der Waals surface area contributed by atoms with Crippen LogP contribution in [0.5, 0.6) is 5.75 Å². The number of rotatable bonds is 3. The third-order valence-electron chi connectivity index (χ3n) is 2.60. The summed E-state index contributed by atoms with van der Waals surface area (Å²) in [6, 6.07) is 5.24. The van der Waals surface area contributed by atoms with E-state index in [4.69, 9.17) is 4.74 Å². The smallest absolute Gasteiger partial charge is 0.406 e. The van der Waals surface area contributed by atoms with E-state index >= 15 is 0 Å². The molecule has 9 heteroatoms. The fourth-order valence-corrected chi connectivity index (χ4v) is 2.94. The molecule has 1 aromatic carbocycles. The molecule has 1 aromatic rings. The highest BCUT2D eigenvalue weighted by Gasteiger charge is 2.31. The van der Waals surface area contributed by atoms with Crippen molar-refractivity contribution in [3.8, 4) is 5.75 Å². The molecule has 5 nitrogen and oxygen atoms in total. The molecule has 0 bridgehead atoms. The van der Waals surface area contributed by atoms with E-state index < -0.39 is 22.3 Å². The van der Waals surface area contributed by atoms with Crippen LogP contribution < -0.4 is 4.74 Å². The van der Waals surface area contributed by atoms with Crippen LogP contribution in [-0.4, -0.2) is 38.2 Å². The van der Waals surface area contributed by atoms with Gasteiger partial charge in [0.2, 0.25) is 10.0 Å². The van der Waals surface area contributed by atoms with Gasteiger partial charge in [0.15, 0.2) is 5.94 Å². The van der Waals surface area contributed by atoms with Gasteiger partial charge in [0.1, 0.15) is 5.75 Å². The van der Waals surface area contributed by atoms with Crippen molar-refractivity contribution < 1.29 is 31.1 Å². The standard InChI is InChI=1S/C11H12F3NO4S/c12-11(13,14)19-10-3-1-2-9(6-10)7-15-4-5-18-8-20(15,16)17/h1-3,6H,4-5,7-8H2. The monoisotopic (exact) mass is 311 g/mol. The van der Waals surface area contributed by atoms with Crippen LogP contribution in [-0.2, 0) is 21.3 Å². The Labute approximate surface area is 113 Å². The normalized spacial score (nSPS) is 19.8. The second-order valence-electron chi connectivity index (χ2n) is 4.17. The molecule has 2 rings (SSSR count). The zero-order chi connectivity index (χ0) is 14.8. The number of halogens is 3. The topological polar surface area (TPSA) is 55.8 Å². The van der Waals surface area contributed by atoms with Crippen LogP contribution in [0.4, 0.5) is 13.2 Å². The number of hydrogen-bond donors (Lipinski definition) is 0. The Morgan fingerprint density at radius 1 is 1.35 bits per heavy atom. The Balaban J connectivity index is 2.12. The molecule has 0 aromatic heterocycles. The predicted molar refractivity (Wildman–Crippen MR) is 63.3 cm³/mol. The van der Waals surface area contributed by atoms with Crippen LogP contribution in [0.25, 0.3) is 0 Å². The first-order valence-electron chi connectivity index (χ1n) is 5.66. The van der Waals surface area contributed by atoms with Gasteiger partial charge in [-0.15, -0.1) is 13.2 Å². The van der Waals surface area contributed by atoms with Gasteiger partial charge < -0.3 is 9.47 Å². The summed E-state index contributed by atoms with van der Waals surface area (Å²) in [7, 11) is -3.52. The summed E-state index contributed by atoms with van der Waals surface area (Å²) in [5.74, 6) is -0.785. The van der Waals surface area contributed by atoms with Crippen LogP contribution in [0.3, 0.4) is 0 Å². The van der Waals surface area contributed by atoms with Gasteiger partial charge in [0.25, 0.3) is 0 Å². The van der Waals surface area contributed by atoms with Crippen molar-refractivity contribution in [1.82, 2.24) is 4.31 Å². The van der Waals surface area contributed by atoms with Crippen LogP contribution in [0.15, 0.2) is 24.3 Å². The minimum Gasteiger partial charge on any atom is -0.406 e. The molecule has 112 valence electrons. The zero-order valence-electron chi connectivity index (χ0n) is 10.3. The highest BCUT2D eigenvalue weighted by atomic mass is 32.2. The molecule has 20 heavy (non-hydrogen) atoms. The van der Waals surface area contributed by atoms with Crippen molar-refractivity contribution in [2.45, 2.75) is 12.9 Å².